The van der Waals surface area contributed by atoms with Gasteiger partial charge in [-0.25, -0.2) is 0 Å². The molecule has 1 aromatic carbocycles. The van der Waals surface area contributed by atoms with Crippen molar-refractivity contribution in [2.75, 3.05) is 18.0 Å². The Labute approximate surface area is 154 Å². The van der Waals surface area contributed by atoms with E-state index in [0.29, 0.717) is 36.2 Å². The maximum atomic E-state index is 12.4. The molecule has 0 saturated carbocycles. The van der Waals surface area contributed by atoms with Crippen molar-refractivity contribution in [3.63, 3.8) is 0 Å². The Morgan fingerprint density at radius 2 is 2.00 bits per heavy atom. The summed E-state index contributed by atoms with van der Waals surface area (Å²) in [4.78, 5) is 14.6. The molecule has 1 aliphatic heterocycles. The van der Waals surface area contributed by atoms with E-state index in [-0.39, 0.29) is 0 Å². The summed E-state index contributed by atoms with van der Waals surface area (Å²) < 4.78 is 0. The van der Waals surface area contributed by atoms with Crippen molar-refractivity contribution in [2.45, 2.75) is 39.0 Å². The lowest BCUT2D eigenvalue weighted by Crippen LogP contribution is -2.22. The maximum absolute atomic E-state index is 12.4. The molecule has 1 unspecified atom stereocenters. The quantitative estimate of drug-likeness (QED) is 0.799. The zero-order valence-electron chi connectivity index (χ0n) is 15.4. The Bertz CT molecular complexity index is 790. The van der Waals surface area contributed by atoms with Crippen LogP contribution in [0, 0.1) is 17.2 Å². The van der Waals surface area contributed by atoms with Gasteiger partial charge in [-0.1, -0.05) is 38.1 Å². The van der Waals surface area contributed by atoms with Gasteiger partial charge in [-0.3, -0.25) is 4.79 Å². The molecule has 0 spiro atoms. The molecule has 2 heterocycles. The van der Waals surface area contributed by atoms with E-state index in [9.17, 15) is 4.79 Å². The van der Waals surface area contributed by atoms with E-state index in [1.165, 1.54) is 5.56 Å². The van der Waals surface area contributed by atoms with Crippen LogP contribution in [0.2, 0.25) is 0 Å². The number of hydrogen-bond acceptors (Lipinski definition) is 5. The predicted octanol–water partition coefficient (Wildman–Crippen LogP) is 3.50. The minimum absolute atomic E-state index is 0.292. The summed E-state index contributed by atoms with van der Waals surface area (Å²) in [5, 5.41) is 16.8. The van der Waals surface area contributed by atoms with Gasteiger partial charge in [0.1, 0.15) is 11.9 Å². The molecule has 1 aliphatic rings. The number of carbonyl (C=O) groups excluding carboxylic acids is 1. The van der Waals surface area contributed by atoms with Gasteiger partial charge in [0.05, 0.1) is 0 Å². The first-order valence-electron chi connectivity index (χ1n) is 9.14. The molecule has 0 amide bonds. The highest BCUT2D eigenvalue weighted by atomic mass is 16.1. The zero-order valence-corrected chi connectivity index (χ0v) is 15.4. The number of benzene rings is 1. The third kappa shape index (κ3) is 4.45. The lowest BCUT2D eigenvalue weighted by Gasteiger charge is -2.16. The van der Waals surface area contributed by atoms with Gasteiger partial charge < -0.3 is 4.90 Å². The van der Waals surface area contributed by atoms with Crippen molar-refractivity contribution >= 4 is 11.6 Å². The van der Waals surface area contributed by atoms with E-state index in [4.69, 9.17) is 5.26 Å². The average molecular weight is 348 g/mol. The first-order valence-corrected chi connectivity index (χ1v) is 9.14. The highest BCUT2D eigenvalue weighted by molar-refractivity contribution is 5.81. The standard InChI is InChI=1S/C21H24N4O/c1-15(2)18-5-3-16(4-6-18)11-20(26)12-17-9-10-25(14-17)21-8-7-19(13-22)23-24-21/h3-8,15,17H,9-12,14H2,1-2H3. The van der Waals surface area contributed by atoms with Crippen LogP contribution in [0.25, 0.3) is 0 Å². The highest BCUT2D eigenvalue weighted by Gasteiger charge is 2.25. The number of anilines is 1. The molecule has 1 fully saturated rings. The molecule has 1 aromatic heterocycles. The average Bonchev–Trinajstić information content (AvgIpc) is 3.10. The highest BCUT2D eigenvalue weighted by Crippen LogP contribution is 2.25. The molecule has 0 aliphatic carbocycles. The van der Waals surface area contributed by atoms with Gasteiger partial charge in [-0.2, -0.15) is 5.26 Å². The summed E-state index contributed by atoms with van der Waals surface area (Å²) in [6, 6.07) is 13.9. The third-order valence-corrected chi connectivity index (χ3v) is 4.94. The summed E-state index contributed by atoms with van der Waals surface area (Å²) in [5.74, 6) is 1.94. The number of rotatable bonds is 6. The Balaban J connectivity index is 1.51. The topological polar surface area (TPSA) is 69.9 Å². The van der Waals surface area contributed by atoms with E-state index in [1.54, 1.807) is 6.07 Å². The molecule has 0 radical (unpaired) electrons. The van der Waals surface area contributed by atoms with Crippen LogP contribution in [-0.2, 0) is 11.2 Å². The molecular weight excluding hydrogens is 324 g/mol. The molecule has 5 heteroatoms. The van der Waals surface area contributed by atoms with Gasteiger partial charge in [0.15, 0.2) is 11.5 Å². The third-order valence-electron chi connectivity index (χ3n) is 4.94. The lowest BCUT2D eigenvalue weighted by molar-refractivity contribution is -0.119. The van der Waals surface area contributed by atoms with E-state index < -0.39 is 0 Å². The molecule has 0 bridgehead atoms. The molecule has 1 atom stereocenters. The van der Waals surface area contributed by atoms with Gasteiger partial charge in [0.2, 0.25) is 0 Å². The van der Waals surface area contributed by atoms with Crippen LogP contribution in [0.15, 0.2) is 36.4 Å². The normalized spacial score (nSPS) is 16.7. The maximum Gasteiger partial charge on any atom is 0.163 e. The van der Waals surface area contributed by atoms with Crippen molar-refractivity contribution in [1.29, 1.82) is 5.26 Å². The van der Waals surface area contributed by atoms with Crippen molar-refractivity contribution in [3.8, 4) is 6.07 Å². The van der Waals surface area contributed by atoms with Crippen molar-refractivity contribution < 1.29 is 4.79 Å². The fourth-order valence-corrected chi connectivity index (χ4v) is 3.40. The smallest absolute Gasteiger partial charge is 0.163 e. The van der Waals surface area contributed by atoms with Crippen LogP contribution >= 0.6 is 0 Å². The minimum Gasteiger partial charge on any atom is -0.355 e. The number of nitriles is 1. The molecule has 3 rings (SSSR count). The van der Waals surface area contributed by atoms with E-state index in [1.807, 2.05) is 12.1 Å². The lowest BCUT2D eigenvalue weighted by atomic mass is 9.96. The number of Topliss-reactive ketones (excluding diaryl/α,β-unsaturated/α-hetero) is 1. The number of ketones is 1. The number of nitrogens with zero attached hydrogens (tertiary/aromatic N) is 4. The summed E-state index contributed by atoms with van der Waals surface area (Å²) in [6.45, 7) is 6.04. The molecule has 1 saturated heterocycles. The van der Waals surface area contributed by atoms with Crippen LogP contribution in [0.5, 0.6) is 0 Å². The SMILES string of the molecule is CC(C)c1ccc(CC(=O)CC2CCN(c3ccc(C#N)nn3)C2)cc1. The predicted molar refractivity (Wildman–Crippen MR) is 101 cm³/mol. The summed E-state index contributed by atoms with van der Waals surface area (Å²) in [7, 11) is 0. The van der Waals surface area contributed by atoms with Crippen LogP contribution in [-0.4, -0.2) is 29.1 Å². The first kappa shape index (κ1) is 18.1. The second-order valence-electron chi connectivity index (χ2n) is 7.31. The van der Waals surface area contributed by atoms with Gasteiger partial charge in [0.25, 0.3) is 0 Å². The van der Waals surface area contributed by atoms with E-state index in [0.717, 1.165) is 30.9 Å². The monoisotopic (exact) mass is 348 g/mol. The van der Waals surface area contributed by atoms with Gasteiger partial charge in [0, 0.05) is 25.9 Å². The molecule has 2 aromatic rings. The molecule has 5 nitrogen and oxygen atoms in total. The minimum atomic E-state index is 0.292. The summed E-state index contributed by atoms with van der Waals surface area (Å²) >= 11 is 0. The second kappa shape index (κ2) is 8.09. The fourth-order valence-electron chi connectivity index (χ4n) is 3.40. The van der Waals surface area contributed by atoms with Crippen molar-refractivity contribution in [1.82, 2.24) is 10.2 Å². The van der Waals surface area contributed by atoms with Crippen LogP contribution in [0.1, 0.15) is 49.4 Å². The second-order valence-corrected chi connectivity index (χ2v) is 7.31. The summed E-state index contributed by atoms with van der Waals surface area (Å²) in [6.07, 6.45) is 2.09. The van der Waals surface area contributed by atoms with Crippen LogP contribution in [0.3, 0.4) is 0 Å². The largest absolute Gasteiger partial charge is 0.355 e. The number of aromatic nitrogens is 2. The zero-order chi connectivity index (χ0) is 18.5. The Morgan fingerprint density at radius 1 is 1.23 bits per heavy atom. The van der Waals surface area contributed by atoms with Crippen molar-refractivity contribution in [3.05, 3.63) is 53.2 Å². The van der Waals surface area contributed by atoms with Crippen LogP contribution in [0.4, 0.5) is 5.82 Å². The number of hydrogen-bond donors (Lipinski definition) is 0. The Kier molecular flexibility index (Phi) is 5.62. The number of carbonyl (C=O) groups is 1. The van der Waals surface area contributed by atoms with Gasteiger partial charge in [-0.05, 0) is 41.5 Å². The fraction of sp³-hybridized carbons (Fsp3) is 0.429. The van der Waals surface area contributed by atoms with Gasteiger partial charge >= 0.3 is 0 Å². The van der Waals surface area contributed by atoms with Crippen LogP contribution < -0.4 is 4.90 Å². The first-order chi connectivity index (χ1) is 12.5. The molecule has 26 heavy (non-hydrogen) atoms. The molecule has 0 N–H and O–H groups in total. The van der Waals surface area contributed by atoms with Gasteiger partial charge in [-0.15, -0.1) is 10.2 Å². The van der Waals surface area contributed by atoms with E-state index >= 15 is 0 Å². The summed E-state index contributed by atoms with van der Waals surface area (Å²) in [5.41, 5.74) is 2.71. The molecule has 134 valence electrons. The van der Waals surface area contributed by atoms with Crippen molar-refractivity contribution in [2.24, 2.45) is 5.92 Å². The van der Waals surface area contributed by atoms with E-state index in [2.05, 4.69) is 53.2 Å². The Morgan fingerprint density at radius 3 is 2.62 bits per heavy atom. The Hall–Kier alpha value is -2.74. The molecular formula is C21H24N4O.